The molecular weight excluding hydrogens is 404 g/mol. The Kier molecular flexibility index (Phi) is 11.5. The van der Waals surface area contributed by atoms with Crippen molar-refractivity contribution in [3.8, 4) is 5.75 Å². The first kappa shape index (κ1) is 27.9. The Morgan fingerprint density at radius 3 is 2.00 bits per heavy atom. The first-order valence-electron chi connectivity index (χ1n) is 12.0. The van der Waals surface area contributed by atoms with Gasteiger partial charge in [-0.1, -0.05) is 92.7 Å². The third kappa shape index (κ3) is 10.3. The zero-order valence-corrected chi connectivity index (χ0v) is 22.1. The smallest absolute Gasteiger partial charge is 0.307 e. The predicted octanol–water partition coefficient (Wildman–Crippen LogP) is 7.90. The lowest BCUT2D eigenvalue weighted by molar-refractivity contribution is -0.144. The number of phenols is 1. The van der Waals surface area contributed by atoms with E-state index in [1.54, 1.807) is 11.8 Å². The molecule has 1 aromatic rings. The summed E-state index contributed by atoms with van der Waals surface area (Å²) in [6.07, 6.45) is 8.69. The molecule has 0 aliphatic heterocycles. The van der Waals surface area contributed by atoms with Gasteiger partial charge < -0.3 is 9.84 Å². The fourth-order valence-electron chi connectivity index (χ4n) is 3.64. The van der Waals surface area contributed by atoms with Gasteiger partial charge >= 0.3 is 5.97 Å². The molecule has 0 fully saturated rings. The largest absolute Gasteiger partial charge is 0.507 e. The first-order valence-corrected chi connectivity index (χ1v) is 13.1. The van der Waals surface area contributed by atoms with Gasteiger partial charge in [0.15, 0.2) is 0 Å². The summed E-state index contributed by atoms with van der Waals surface area (Å²) < 4.78 is 5.61. The van der Waals surface area contributed by atoms with Gasteiger partial charge in [-0.25, -0.2) is 0 Å². The van der Waals surface area contributed by atoms with E-state index in [0.29, 0.717) is 18.6 Å². The van der Waals surface area contributed by atoms with E-state index in [2.05, 4.69) is 60.6 Å². The van der Waals surface area contributed by atoms with Crippen LogP contribution in [0.15, 0.2) is 12.1 Å². The number of aryl methyl sites for hydroxylation is 1. The number of carbonyl (C=O) groups excluding carboxylic acids is 1. The molecule has 0 saturated carbocycles. The highest BCUT2D eigenvalue weighted by Crippen LogP contribution is 2.40. The quantitative estimate of drug-likeness (QED) is 0.200. The zero-order valence-electron chi connectivity index (χ0n) is 21.3. The SMILES string of the molecule is CCCCCCCCSC(C)OC(=O)CCc1cc(C(C)(C)C)c(O)c(C(C)(C)C)c1. The zero-order chi connectivity index (χ0) is 23.7. The molecule has 1 N–H and O–H groups in total. The molecule has 178 valence electrons. The van der Waals surface area contributed by atoms with Gasteiger partial charge in [-0.05, 0) is 53.0 Å². The topological polar surface area (TPSA) is 46.5 Å². The summed E-state index contributed by atoms with van der Waals surface area (Å²) in [4.78, 5) is 12.4. The summed E-state index contributed by atoms with van der Waals surface area (Å²) in [6, 6.07) is 4.10. The van der Waals surface area contributed by atoms with Gasteiger partial charge in [0.2, 0.25) is 0 Å². The summed E-state index contributed by atoms with van der Waals surface area (Å²) >= 11 is 1.73. The van der Waals surface area contributed by atoms with Gasteiger partial charge in [-0.15, -0.1) is 11.8 Å². The highest BCUT2D eigenvalue weighted by atomic mass is 32.2. The number of hydrogen-bond donors (Lipinski definition) is 1. The average molecular weight is 451 g/mol. The van der Waals surface area contributed by atoms with E-state index in [1.165, 1.54) is 38.5 Å². The van der Waals surface area contributed by atoms with E-state index >= 15 is 0 Å². The van der Waals surface area contributed by atoms with Gasteiger partial charge in [-0.2, -0.15) is 0 Å². The summed E-state index contributed by atoms with van der Waals surface area (Å²) in [6.45, 7) is 16.8. The second-order valence-corrected chi connectivity index (χ2v) is 12.1. The van der Waals surface area contributed by atoms with E-state index in [1.807, 2.05) is 6.92 Å². The second kappa shape index (κ2) is 12.8. The summed E-state index contributed by atoms with van der Waals surface area (Å²) in [7, 11) is 0. The van der Waals surface area contributed by atoms with Crippen LogP contribution in [0.3, 0.4) is 0 Å². The molecule has 0 heterocycles. The number of hydrogen-bond acceptors (Lipinski definition) is 4. The van der Waals surface area contributed by atoms with Gasteiger partial charge in [-0.3, -0.25) is 4.79 Å². The standard InChI is InChI=1S/C27H46O3S/c1-9-10-11-12-13-14-17-31-20(2)30-24(28)16-15-21-18-22(26(3,4)5)25(29)23(19-21)27(6,7)8/h18-20,29H,9-17H2,1-8H3. The average Bonchev–Trinajstić information content (AvgIpc) is 2.64. The van der Waals surface area contributed by atoms with Crippen LogP contribution >= 0.6 is 11.8 Å². The van der Waals surface area contributed by atoms with E-state index in [4.69, 9.17) is 4.74 Å². The molecule has 0 radical (unpaired) electrons. The van der Waals surface area contributed by atoms with Crippen LogP contribution in [0.2, 0.25) is 0 Å². The Morgan fingerprint density at radius 1 is 0.968 bits per heavy atom. The number of esters is 1. The number of ether oxygens (including phenoxy) is 1. The first-order chi connectivity index (χ1) is 14.4. The van der Waals surface area contributed by atoms with Crippen molar-refractivity contribution in [2.45, 2.75) is 123 Å². The Hall–Kier alpha value is -1.16. The molecule has 0 aliphatic rings. The molecule has 0 aliphatic carbocycles. The van der Waals surface area contributed by atoms with Crippen molar-refractivity contribution in [2.24, 2.45) is 0 Å². The number of carbonyl (C=O) groups is 1. The van der Waals surface area contributed by atoms with Crippen molar-refractivity contribution in [1.82, 2.24) is 0 Å². The fraction of sp³-hybridized carbons (Fsp3) is 0.741. The third-order valence-electron chi connectivity index (χ3n) is 5.55. The number of rotatable bonds is 12. The van der Waals surface area contributed by atoms with E-state index in [-0.39, 0.29) is 22.2 Å². The monoisotopic (exact) mass is 450 g/mol. The minimum absolute atomic E-state index is 0.0989. The number of benzene rings is 1. The van der Waals surface area contributed by atoms with Gasteiger partial charge in [0.25, 0.3) is 0 Å². The molecule has 3 nitrogen and oxygen atoms in total. The van der Waals surface area contributed by atoms with E-state index in [9.17, 15) is 9.90 Å². The Balaban J connectivity index is 2.59. The van der Waals surface area contributed by atoms with Crippen LogP contribution in [0, 0.1) is 0 Å². The van der Waals surface area contributed by atoms with E-state index in [0.717, 1.165) is 22.4 Å². The van der Waals surface area contributed by atoms with Crippen molar-refractivity contribution < 1.29 is 14.6 Å². The van der Waals surface area contributed by atoms with Crippen LogP contribution in [0.25, 0.3) is 0 Å². The van der Waals surface area contributed by atoms with Crippen LogP contribution in [0.4, 0.5) is 0 Å². The van der Waals surface area contributed by atoms with Gasteiger partial charge in [0.1, 0.15) is 11.2 Å². The molecule has 1 atom stereocenters. The maximum absolute atomic E-state index is 12.4. The molecule has 0 saturated heterocycles. The molecule has 0 aromatic heterocycles. The normalized spacial score (nSPS) is 13.3. The maximum Gasteiger partial charge on any atom is 0.307 e. The molecule has 4 heteroatoms. The number of thioether (sulfide) groups is 1. The molecule has 1 rings (SSSR count). The van der Waals surface area contributed by atoms with Crippen LogP contribution in [0.1, 0.15) is 117 Å². The van der Waals surface area contributed by atoms with Crippen molar-refractivity contribution in [2.75, 3.05) is 5.75 Å². The molecule has 0 bridgehead atoms. The van der Waals surface area contributed by atoms with Crippen molar-refractivity contribution in [3.05, 3.63) is 28.8 Å². The molecule has 31 heavy (non-hydrogen) atoms. The predicted molar refractivity (Wildman–Crippen MR) is 135 cm³/mol. The van der Waals surface area contributed by atoms with Crippen LogP contribution in [-0.2, 0) is 26.8 Å². The lowest BCUT2D eigenvalue weighted by Crippen LogP contribution is -2.18. The lowest BCUT2D eigenvalue weighted by atomic mass is 9.78. The van der Waals surface area contributed by atoms with Gasteiger partial charge in [0.05, 0.1) is 0 Å². The minimum atomic E-state index is -0.164. The van der Waals surface area contributed by atoms with Crippen LogP contribution < -0.4 is 0 Å². The molecule has 1 unspecified atom stereocenters. The van der Waals surface area contributed by atoms with Crippen LogP contribution in [-0.4, -0.2) is 22.3 Å². The van der Waals surface area contributed by atoms with Crippen molar-refractivity contribution in [3.63, 3.8) is 0 Å². The summed E-state index contributed by atoms with van der Waals surface area (Å²) in [5.41, 5.74) is 2.53. The van der Waals surface area contributed by atoms with Crippen molar-refractivity contribution >= 4 is 17.7 Å². The highest BCUT2D eigenvalue weighted by Gasteiger charge is 2.26. The molecule has 0 amide bonds. The number of aromatic hydroxyl groups is 1. The van der Waals surface area contributed by atoms with Crippen LogP contribution in [0.5, 0.6) is 5.75 Å². The lowest BCUT2D eigenvalue weighted by Gasteiger charge is -2.28. The Morgan fingerprint density at radius 2 is 1.48 bits per heavy atom. The molecule has 1 aromatic carbocycles. The third-order valence-corrected chi connectivity index (χ3v) is 6.64. The molecule has 0 spiro atoms. The minimum Gasteiger partial charge on any atom is -0.507 e. The Labute approximate surface area is 195 Å². The number of unbranched alkanes of at least 4 members (excludes halogenated alkanes) is 5. The summed E-state index contributed by atoms with van der Waals surface area (Å²) in [5.74, 6) is 1.28. The maximum atomic E-state index is 12.4. The van der Waals surface area contributed by atoms with E-state index < -0.39 is 0 Å². The summed E-state index contributed by atoms with van der Waals surface area (Å²) in [5, 5.41) is 10.8. The number of phenolic OH excluding ortho intramolecular Hbond substituents is 1. The fourth-order valence-corrected chi connectivity index (χ4v) is 4.52. The second-order valence-electron chi connectivity index (χ2n) is 10.7. The Bertz CT molecular complexity index is 648. The molecular formula is C27H46O3S. The van der Waals surface area contributed by atoms with Crippen molar-refractivity contribution in [1.29, 1.82) is 0 Å². The highest BCUT2D eigenvalue weighted by molar-refractivity contribution is 7.99. The van der Waals surface area contributed by atoms with Gasteiger partial charge in [0, 0.05) is 6.42 Å².